The van der Waals surface area contributed by atoms with Gasteiger partial charge in [-0.1, -0.05) is 23.2 Å². The van der Waals surface area contributed by atoms with Crippen molar-refractivity contribution in [2.45, 2.75) is 38.8 Å². The number of hydrogen-bond acceptors (Lipinski definition) is 8. The van der Waals surface area contributed by atoms with Crippen molar-refractivity contribution in [2.75, 3.05) is 37.6 Å². The van der Waals surface area contributed by atoms with Crippen molar-refractivity contribution in [1.29, 1.82) is 0 Å². The monoisotopic (exact) mass is 570 g/mol. The van der Waals surface area contributed by atoms with Gasteiger partial charge in [0.15, 0.2) is 5.75 Å². The lowest BCUT2D eigenvalue weighted by Gasteiger charge is -2.31. The lowest BCUT2D eigenvalue weighted by Crippen LogP contribution is -2.49. The molecule has 0 amide bonds. The molecule has 4 heterocycles. The van der Waals surface area contributed by atoms with Crippen molar-refractivity contribution in [3.63, 3.8) is 0 Å². The molecule has 1 aromatic carbocycles. The molecule has 0 spiro atoms. The van der Waals surface area contributed by atoms with Gasteiger partial charge in [0.25, 0.3) is 0 Å². The van der Waals surface area contributed by atoms with E-state index in [0.29, 0.717) is 45.9 Å². The number of halogens is 2. The highest BCUT2D eigenvalue weighted by Gasteiger charge is 2.22. The number of nitrogens with one attached hydrogen (secondary N) is 1. The molecule has 9 nitrogen and oxygen atoms in total. The van der Waals surface area contributed by atoms with E-state index < -0.39 is 5.97 Å². The highest BCUT2D eigenvalue weighted by atomic mass is 35.5. The normalized spacial score (nSPS) is 18.7. The van der Waals surface area contributed by atoms with Gasteiger partial charge in [-0.15, -0.1) is 0 Å². The number of piperidine rings is 1. The van der Waals surface area contributed by atoms with Gasteiger partial charge in [0, 0.05) is 60.3 Å². The second-order valence-electron chi connectivity index (χ2n) is 10.3. The Hall–Kier alpha value is -2.98. The van der Waals surface area contributed by atoms with Crippen LogP contribution in [0.25, 0.3) is 11.3 Å². The molecule has 2 fully saturated rings. The minimum absolute atomic E-state index is 0.228. The average Bonchev–Trinajstić information content (AvgIpc) is 2.89. The number of carboxylic acids is 1. The van der Waals surface area contributed by atoms with Crippen LogP contribution in [-0.2, 0) is 11.3 Å². The van der Waals surface area contributed by atoms with Crippen LogP contribution in [-0.4, -0.2) is 69.7 Å². The molecule has 11 heteroatoms. The van der Waals surface area contributed by atoms with Gasteiger partial charge in [0.2, 0.25) is 11.8 Å². The minimum atomic E-state index is -0.728. The zero-order chi connectivity index (χ0) is 27.4. The molecule has 2 saturated heterocycles. The number of hydrogen-bond donors (Lipinski definition) is 2. The van der Waals surface area contributed by atoms with Crippen molar-refractivity contribution >= 4 is 35.1 Å². The first-order valence-electron chi connectivity index (χ1n) is 13.2. The van der Waals surface area contributed by atoms with Crippen LogP contribution in [0.4, 0.5) is 5.95 Å². The molecule has 1 unspecified atom stereocenters. The minimum Gasteiger partial charge on any atom is -0.481 e. The molecule has 2 aromatic heterocycles. The number of benzene rings is 1. The van der Waals surface area contributed by atoms with Crippen LogP contribution in [0.15, 0.2) is 42.7 Å². The van der Waals surface area contributed by atoms with E-state index in [9.17, 15) is 4.79 Å². The Balaban J connectivity index is 1.35. The number of ether oxygens (including phenoxy) is 1. The zero-order valence-electron chi connectivity index (χ0n) is 21.8. The summed E-state index contributed by atoms with van der Waals surface area (Å²) in [6.45, 7) is 7.12. The lowest BCUT2D eigenvalue weighted by atomic mass is 9.93. The Labute approximate surface area is 238 Å². The van der Waals surface area contributed by atoms with E-state index in [4.69, 9.17) is 38.0 Å². The SMILES string of the molecule is CC1CN(c2ncc(Oc3cc(CN4CCC(CC(=O)O)CC4)cc(-c4cc(Cl)cc(Cl)c4)n3)cn2)CCN1. The Kier molecular flexibility index (Phi) is 8.82. The number of aromatic nitrogens is 3. The Morgan fingerprint density at radius 2 is 1.79 bits per heavy atom. The smallest absolute Gasteiger partial charge is 0.303 e. The summed E-state index contributed by atoms with van der Waals surface area (Å²) in [6, 6.07) is 9.66. The van der Waals surface area contributed by atoms with Gasteiger partial charge in [0.1, 0.15) is 0 Å². The largest absolute Gasteiger partial charge is 0.481 e. The summed E-state index contributed by atoms with van der Waals surface area (Å²) in [6.07, 6.45) is 5.31. The van der Waals surface area contributed by atoms with Crippen LogP contribution in [0.3, 0.4) is 0 Å². The maximum atomic E-state index is 11.1. The first-order valence-corrected chi connectivity index (χ1v) is 14.0. The Bertz CT molecular complexity index is 1280. The molecule has 2 aliphatic rings. The van der Waals surface area contributed by atoms with Crippen LogP contribution in [0.2, 0.25) is 10.0 Å². The van der Waals surface area contributed by atoms with Crippen molar-refractivity contribution < 1.29 is 14.6 Å². The molecule has 39 heavy (non-hydrogen) atoms. The second-order valence-corrected chi connectivity index (χ2v) is 11.2. The van der Waals surface area contributed by atoms with Crippen LogP contribution >= 0.6 is 23.2 Å². The number of rotatable bonds is 8. The molecule has 2 aliphatic heterocycles. The molecule has 1 atom stereocenters. The molecule has 3 aromatic rings. The number of pyridine rings is 1. The quantitative estimate of drug-likeness (QED) is 0.381. The van der Waals surface area contributed by atoms with E-state index in [1.165, 1.54) is 0 Å². The van der Waals surface area contributed by atoms with Crippen LogP contribution in [0, 0.1) is 5.92 Å². The summed E-state index contributed by atoms with van der Waals surface area (Å²) in [5.74, 6) is 1.10. The van der Waals surface area contributed by atoms with Crippen molar-refractivity contribution in [1.82, 2.24) is 25.2 Å². The maximum absolute atomic E-state index is 11.1. The third kappa shape index (κ3) is 7.57. The summed E-state index contributed by atoms with van der Waals surface area (Å²) in [7, 11) is 0. The highest BCUT2D eigenvalue weighted by Crippen LogP contribution is 2.31. The average molecular weight is 572 g/mol. The molecule has 5 rings (SSSR count). The summed E-state index contributed by atoms with van der Waals surface area (Å²) >= 11 is 12.6. The molecular weight excluding hydrogens is 539 g/mol. The number of carbonyl (C=O) groups is 1. The van der Waals surface area contributed by atoms with E-state index in [0.717, 1.165) is 56.7 Å². The Morgan fingerprint density at radius 1 is 1.08 bits per heavy atom. The maximum Gasteiger partial charge on any atom is 0.303 e. The molecule has 0 radical (unpaired) electrons. The van der Waals surface area contributed by atoms with Gasteiger partial charge in [-0.25, -0.2) is 15.0 Å². The van der Waals surface area contributed by atoms with Gasteiger partial charge < -0.3 is 20.1 Å². The van der Waals surface area contributed by atoms with E-state index in [-0.39, 0.29) is 12.3 Å². The summed E-state index contributed by atoms with van der Waals surface area (Å²) in [5, 5.41) is 13.6. The fraction of sp³-hybridized carbons (Fsp3) is 0.429. The molecular formula is C28H32Cl2N6O3. The van der Waals surface area contributed by atoms with Gasteiger partial charge in [-0.05, 0) is 68.6 Å². The molecule has 0 saturated carbocycles. The Morgan fingerprint density at radius 3 is 2.46 bits per heavy atom. The van der Waals surface area contributed by atoms with Crippen LogP contribution < -0.4 is 15.0 Å². The predicted molar refractivity (Wildman–Crippen MR) is 152 cm³/mol. The van der Waals surface area contributed by atoms with Gasteiger partial charge >= 0.3 is 5.97 Å². The first-order chi connectivity index (χ1) is 18.8. The third-order valence-corrected chi connectivity index (χ3v) is 7.52. The van der Waals surface area contributed by atoms with Crippen LogP contribution in [0.1, 0.15) is 31.7 Å². The van der Waals surface area contributed by atoms with E-state index in [1.807, 2.05) is 24.3 Å². The summed E-state index contributed by atoms with van der Waals surface area (Å²) < 4.78 is 6.14. The van der Waals surface area contributed by atoms with Crippen molar-refractivity contribution in [3.8, 4) is 22.9 Å². The van der Waals surface area contributed by atoms with Gasteiger partial charge in [0.05, 0.1) is 18.1 Å². The zero-order valence-corrected chi connectivity index (χ0v) is 23.3. The second kappa shape index (κ2) is 12.5. The van der Waals surface area contributed by atoms with Crippen LogP contribution in [0.5, 0.6) is 11.6 Å². The summed E-state index contributed by atoms with van der Waals surface area (Å²) in [5.41, 5.74) is 2.51. The topological polar surface area (TPSA) is 104 Å². The molecule has 0 bridgehead atoms. The number of aliphatic carboxylic acids is 1. The molecule has 2 N–H and O–H groups in total. The first kappa shape index (κ1) is 27.6. The van der Waals surface area contributed by atoms with Gasteiger partial charge in [-0.2, -0.15) is 0 Å². The molecule has 206 valence electrons. The number of nitrogens with zero attached hydrogens (tertiary/aromatic N) is 5. The lowest BCUT2D eigenvalue weighted by molar-refractivity contribution is -0.138. The standard InChI is InChI=1S/C28H32Cl2N6O3/c1-18-16-36(7-4-31-18)28-32-14-24(15-33-28)39-26-9-20(17-35-5-2-19(3-6-35)10-27(37)38)8-25(34-26)21-11-22(29)13-23(30)12-21/h8-9,11-15,18-19,31H,2-7,10,16-17H2,1H3,(H,37,38). The van der Waals surface area contributed by atoms with Crippen molar-refractivity contribution in [3.05, 3.63) is 58.3 Å². The number of piperazine rings is 1. The summed E-state index contributed by atoms with van der Waals surface area (Å²) in [4.78, 5) is 29.4. The van der Waals surface area contributed by atoms with Gasteiger partial charge in [-0.3, -0.25) is 9.69 Å². The van der Waals surface area contributed by atoms with E-state index in [1.54, 1.807) is 18.5 Å². The fourth-order valence-corrected chi connectivity index (χ4v) is 5.69. The third-order valence-electron chi connectivity index (χ3n) is 7.09. The number of anilines is 1. The number of likely N-dealkylation sites (tertiary alicyclic amines) is 1. The fourth-order valence-electron chi connectivity index (χ4n) is 5.17. The van der Waals surface area contributed by atoms with Crippen molar-refractivity contribution in [2.24, 2.45) is 5.92 Å². The van der Waals surface area contributed by atoms with E-state index in [2.05, 4.69) is 32.0 Å². The number of carboxylic acid groups (broad SMARTS) is 1. The highest BCUT2D eigenvalue weighted by molar-refractivity contribution is 6.35. The predicted octanol–water partition coefficient (Wildman–Crippen LogP) is 5.12. The molecule has 0 aliphatic carbocycles. The van der Waals surface area contributed by atoms with E-state index >= 15 is 0 Å².